The number of anilines is 1. The van der Waals surface area contributed by atoms with Gasteiger partial charge in [-0.1, -0.05) is 56.3 Å². The smallest absolute Gasteiger partial charge is 0.328 e. The molecule has 1 N–H and O–H groups in total. The van der Waals surface area contributed by atoms with E-state index in [0.29, 0.717) is 18.4 Å². The van der Waals surface area contributed by atoms with E-state index in [4.69, 9.17) is 14.7 Å². The lowest BCUT2D eigenvalue weighted by Gasteiger charge is -2.43. The van der Waals surface area contributed by atoms with Crippen molar-refractivity contribution in [3.63, 3.8) is 0 Å². The van der Waals surface area contributed by atoms with E-state index in [1.165, 1.54) is 7.11 Å². The van der Waals surface area contributed by atoms with E-state index in [0.717, 1.165) is 74.2 Å². The Morgan fingerprint density at radius 1 is 1.05 bits per heavy atom. The molecule has 0 spiro atoms. The van der Waals surface area contributed by atoms with Crippen LogP contribution in [0.25, 0.3) is 10.9 Å². The number of nitrogens with zero attached hydrogens (tertiary/aromatic N) is 5. The van der Waals surface area contributed by atoms with Crippen LogP contribution in [0.4, 0.5) is 5.82 Å². The Morgan fingerprint density at radius 2 is 1.73 bits per heavy atom. The van der Waals surface area contributed by atoms with Crippen molar-refractivity contribution in [2.45, 2.75) is 63.6 Å². The average Bonchev–Trinajstić information content (AvgIpc) is 3.00. The number of carbonyl (C=O) groups excluding carboxylic acids is 1. The number of piperazine rings is 1. The van der Waals surface area contributed by atoms with Gasteiger partial charge in [-0.2, -0.15) is 5.26 Å². The molecule has 1 saturated carbocycles. The third-order valence-electron chi connectivity index (χ3n) is 8.70. The number of methoxy groups -OCH3 is 1. The molecule has 8 heteroatoms. The van der Waals surface area contributed by atoms with Crippen LogP contribution in [-0.4, -0.2) is 71.1 Å². The number of nitrogens with one attached hydrogen (secondary N) is 1. The number of para-hydroxylation sites is 1. The first kappa shape index (κ1) is 28.0. The number of rotatable bonds is 8. The van der Waals surface area contributed by atoms with Crippen LogP contribution in [0.5, 0.6) is 0 Å². The van der Waals surface area contributed by atoms with Crippen molar-refractivity contribution >= 4 is 22.7 Å². The van der Waals surface area contributed by atoms with Crippen LogP contribution in [0.3, 0.4) is 0 Å². The van der Waals surface area contributed by atoms with Gasteiger partial charge in [-0.15, -0.1) is 0 Å². The summed E-state index contributed by atoms with van der Waals surface area (Å²) in [4.78, 5) is 27.2. The van der Waals surface area contributed by atoms with Crippen molar-refractivity contribution in [1.29, 1.82) is 5.26 Å². The molecule has 3 aromatic rings. The number of hydrogen-bond donors (Lipinski definition) is 1. The highest BCUT2D eigenvalue weighted by Crippen LogP contribution is 2.40. The lowest BCUT2D eigenvalue weighted by Crippen LogP contribution is -2.51. The van der Waals surface area contributed by atoms with Crippen LogP contribution in [0.2, 0.25) is 0 Å². The number of esters is 1. The molecule has 1 aromatic heterocycles. The van der Waals surface area contributed by atoms with E-state index in [1.807, 2.05) is 56.3 Å². The van der Waals surface area contributed by atoms with E-state index in [2.05, 4.69) is 33.3 Å². The number of carbonyl (C=O) groups is 1. The van der Waals surface area contributed by atoms with Gasteiger partial charge in [-0.05, 0) is 49.3 Å². The summed E-state index contributed by atoms with van der Waals surface area (Å²) in [5, 5.41) is 14.3. The fourth-order valence-electron chi connectivity index (χ4n) is 6.25. The summed E-state index contributed by atoms with van der Waals surface area (Å²) >= 11 is 0. The molecule has 2 aliphatic rings. The molecule has 2 fully saturated rings. The Labute approximate surface area is 237 Å². The van der Waals surface area contributed by atoms with Crippen molar-refractivity contribution in [2.75, 3.05) is 38.6 Å². The lowest BCUT2D eigenvalue weighted by atomic mass is 9.69. The third-order valence-corrected chi connectivity index (χ3v) is 8.70. The van der Waals surface area contributed by atoms with Gasteiger partial charge in [0.15, 0.2) is 0 Å². The molecule has 0 radical (unpaired) electrons. The number of benzene rings is 2. The van der Waals surface area contributed by atoms with Crippen molar-refractivity contribution in [3.05, 3.63) is 66.0 Å². The van der Waals surface area contributed by atoms with E-state index >= 15 is 0 Å². The van der Waals surface area contributed by atoms with Gasteiger partial charge in [0.1, 0.15) is 17.7 Å². The van der Waals surface area contributed by atoms with Crippen molar-refractivity contribution in [2.24, 2.45) is 5.92 Å². The summed E-state index contributed by atoms with van der Waals surface area (Å²) in [6.45, 7) is 8.56. The van der Waals surface area contributed by atoms with Crippen molar-refractivity contribution in [1.82, 2.24) is 19.8 Å². The van der Waals surface area contributed by atoms with E-state index < -0.39 is 6.04 Å². The molecule has 1 atom stereocenters. The van der Waals surface area contributed by atoms with Crippen LogP contribution < -0.4 is 5.32 Å². The Balaban J connectivity index is 1.22. The van der Waals surface area contributed by atoms with Crippen LogP contribution in [-0.2, 0) is 21.5 Å². The highest BCUT2D eigenvalue weighted by molar-refractivity contribution is 5.91. The molecule has 0 bridgehead atoms. The SMILES string of the molecule is COC(=O)[C@@H](Nc1nc(CN2CCN(C3CCC(C#N)(c4ccccc4)CC3)CC2)nc2ccccc12)C(C)C. The fourth-order valence-corrected chi connectivity index (χ4v) is 6.25. The number of ether oxygens (including phenoxy) is 1. The maximum atomic E-state index is 12.4. The lowest BCUT2D eigenvalue weighted by molar-refractivity contribution is -0.142. The predicted molar refractivity (Wildman–Crippen MR) is 157 cm³/mol. The zero-order valence-electron chi connectivity index (χ0n) is 23.8. The minimum atomic E-state index is -0.489. The number of nitriles is 1. The van der Waals surface area contributed by atoms with Gasteiger partial charge < -0.3 is 10.1 Å². The second-order valence-corrected chi connectivity index (χ2v) is 11.5. The molecular formula is C32H40N6O2. The van der Waals surface area contributed by atoms with Gasteiger partial charge in [-0.3, -0.25) is 9.80 Å². The van der Waals surface area contributed by atoms with Crippen LogP contribution in [0.1, 0.15) is 50.9 Å². The molecule has 210 valence electrons. The van der Waals surface area contributed by atoms with Crippen molar-refractivity contribution in [3.8, 4) is 6.07 Å². The highest BCUT2D eigenvalue weighted by atomic mass is 16.5. The third kappa shape index (κ3) is 5.96. The highest BCUT2D eigenvalue weighted by Gasteiger charge is 2.39. The van der Waals surface area contributed by atoms with Crippen LogP contribution in [0, 0.1) is 17.2 Å². The van der Waals surface area contributed by atoms with Gasteiger partial charge in [0, 0.05) is 37.6 Å². The van der Waals surface area contributed by atoms with E-state index in [9.17, 15) is 10.1 Å². The molecule has 40 heavy (non-hydrogen) atoms. The van der Waals surface area contributed by atoms with Crippen molar-refractivity contribution < 1.29 is 9.53 Å². The quantitative estimate of drug-likeness (QED) is 0.409. The normalized spacial score (nSPS) is 23.0. The summed E-state index contributed by atoms with van der Waals surface area (Å²) < 4.78 is 5.04. The maximum absolute atomic E-state index is 12.4. The first-order valence-corrected chi connectivity index (χ1v) is 14.5. The van der Waals surface area contributed by atoms with Gasteiger partial charge in [0.2, 0.25) is 0 Å². The first-order valence-electron chi connectivity index (χ1n) is 14.5. The summed E-state index contributed by atoms with van der Waals surface area (Å²) in [5.74, 6) is 1.17. The second kappa shape index (κ2) is 12.3. The zero-order valence-corrected chi connectivity index (χ0v) is 23.8. The molecular weight excluding hydrogens is 500 g/mol. The molecule has 2 heterocycles. The van der Waals surface area contributed by atoms with Gasteiger partial charge in [0.25, 0.3) is 0 Å². The van der Waals surface area contributed by atoms with Crippen LogP contribution in [0.15, 0.2) is 54.6 Å². The predicted octanol–water partition coefficient (Wildman–Crippen LogP) is 4.76. The second-order valence-electron chi connectivity index (χ2n) is 11.5. The molecule has 0 unspecified atom stereocenters. The Bertz CT molecular complexity index is 1340. The zero-order chi connectivity index (χ0) is 28.1. The largest absolute Gasteiger partial charge is 0.467 e. The number of hydrogen-bond acceptors (Lipinski definition) is 8. The first-order chi connectivity index (χ1) is 19.4. The van der Waals surface area contributed by atoms with E-state index in [1.54, 1.807) is 0 Å². The fraction of sp³-hybridized carbons (Fsp3) is 0.500. The standard InChI is InChI=1S/C32H40N6O2/c1-23(2)29(31(39)40-3)36-30-26-11-7-8-12-27(26)34-28(35-30)21-37-17-19-38(20-18-37)25-13-15-32(22-33,16-14-25)24-9-5-4-6-10-24/h4-12,23,25,29H,13-21H2,1-3H3,(H,34,35,36)/t25?,29-,32?/m0/s1. The van der Waals surface area contributed by atoms with Gasteiger partial charge in [0.05, 0.1) is 30.7 Å². The summed E-state index contributed by atoms with van der Waals surface area (Å²) in [6, 6.07) is 20.9. The topological polar surface area (TPSA) is 94.4 Å². The Kier molecular flexibility index (Phi) is 8.63. The maximum Gasteiger partial charge on any atom is 0.328 e. The minimum absolute atomic E-state index is 0.0449. The summed E-state index contributed by atoms with van der Waals surface area (Å²) in [7, 11) is 1.42. The minimum Gasteiger partial charge on any atom is -0.467 e. The van der Waals surface area contributed by atoms with Gasteiger partial charge in [-0.25, -0.2) is 14.8 Å². The summed E-state index contributed by atoms with van der Waals surface area (Å²) in [5.41, 5.74) is 1.68. The molecule has 8 nitrogen and oxygen atoms in total. The molecule has 5 rings (SSSR count). The Hall–Kier alpha value is -3.54. The van der Waals surface area contributed by atoms with Crippen LogP contribution >= 0.6 is 0 Å². The molecule has 1 aliphatic carbocycles. The van der Waals surface area contributed by atoms with E-state index in [-0.39, 0.29) is 17.3 Å². The van der Waals surface area contributed by atoms with Gasteiger partial charge >= 0.3 is 5.97 Å². The average molecular weight is 541 g/mol. The molecule has 0 amide bonds. The summed E-state index contributed by atoms with van der Waals surface area (Å²) in [6.07, 6.45) is 3.95. The Morgan fingerprint density at radius 3 is 2.38 bits per heavy atom. The molecule has 1 aliphatic heterocycles. The molecule has 1 saturated heterocycles. The number of aromatic nitrogens is 2. The molecule has 2 aromatic carbocycles. The monoisotopic (exact) mass is 540 g/mol. The number of fused-ring (bicyclic) bond motifs is 1.